The second kappa shape index (κ2) is 10.9. The summed E-state index contributed by atoms with van der Waals surface area (Å²) in [6.07, 6.45) is 0.495. The fourth-order valence-electron chi connectivity index (χ4n) is 2.41. The van der Waals surface area contributed by atoms with Gasteiger partial charge in [0.1, 0.15) is 6.61 Å². The molecule has 0 heterocycles. The van der Waals surface area contributed by atoms with Crippen LogP contribution in [0.25, 0.3) is 0 Å². The fraction of sp³-hybridized carbons (Fsp3) is 0.600. The molecule has 1 aromatic carbocycles. The monoisotopic (exact) mass is 350 g/mol. The van der Waals surface area contributed by atoms with Gasteiger partial charge in [0.15, 0.2) is 6.10 Å². The highest BCUT2D eigenvalue weighted by molar-refractivity contribution is 5.82. The van der Waals surface area contributed by atoms with Gasteiger partial charge in [-0.25, -0.2) is 4.79 Å². The van der Waals surface area contributed by atoms with E-state index in [0.717, 1.165) is 12.0 Å². The van der Waals surface area contributed by atoms with E-state index in [-0.39, 0.29) is 6.61 Å². The van der Waals surface area contributed by atoms with Crippen LogP contribution in [0.3, 0.4) is 0 Å². The third kappa shape index (κ3) is 7.26. The second-order valence-corrected chi connectivity index (χ2v) is 6.56. The number of carbonyl (C=O) groups is 2. The quantitative estimate of drug-likeness (QED) is 0.477. The van der Waals surface area contributed by atoms with Gasteiger partial charge >= 0.3 is 11.9 Å². The van der Waals surface area contributed by atoms with E-state index >= 15 is 0 Å². The molecule has 0 saturated carbocycles. The normalized spacial score (nSPS) is 13.4. The summed E-state index contributed by atoms with van der Waals surface area (Å²) in [5, 5.41) is 0. The van der Waals surface area contributed by atoms with Crippen LogP contribution in [0.4, 0.5) is 0 Å². The smallest absolute Gasteiger partial charge is 0.347 e. The highest BCUT2D eigenvalue weighted by atomic mass is 16.6. The summed E-state index contributed by atoms with van der Waals surface area (Å²) in [6.45, 7) is 8.37. The minimum Gasteiger partial charge on any atom is -0.460 e. The number of hydrogen-bond acceptors (Lipinski definition) is 5. The topological polar surface area (TPSA) is 61.8 Å². The first-order valence-electron chi connectivity index (χ1n) is 8.83. The molecule has 0 aromatic heterocycles. The maximum Gasteiger partial charge on any atom is 0.347 e. The average molecular weight is 350 g/mol. The Balaban J connectivity index is 2.63. The Labute approximate surface area is 150 Å². The first-order valence-corrected chi connectivity index (χ1v) is 8.83. The van der Waals surface area contributed by atoms with E-state index < -0.39 is 24.0 Å². The zero-order valence-corrected chi connectivity index (χ0v) is 15.9. The van der Waals surface area contributed by atoms with Gasteiger partial charge in [-0.3, -0.25) is 4.79 Å². The van der Waals surface area contributed by atoms with Gasteiger partial charge in [-0.15, -0.1) is 0 Å². The molecular formula is C20H30O5. The zero-order valence-electron chi connectivity index (χ0n) is 15.9. The van der Waals surface area contributed by atoms with Crippen LogP contribution in [0, 0.1) is 5.92 Å². The van der Waals surface area contributed by atoms with E-state index in [1.807, 2.05) is 24.3 Å². The molecule has 0 aliphatic heterocycles. The number of esters is 2. The van der Waals surface area contributed by atoms with E-state index in [9.17, 15) is 9.59 Å². The van der Waals surface area contributed by atoms with E-state index in [1.165, 1.54) is 12.7 Å². The molecule has 0 amide bonds. The van der Waals surface area contributed by atoms with Gasteiger partial charge in [-0.2, -0.15) is 0 Å². The van der Waals surface area contributed by atoms with E-state index in [0.29, 0.717) is 18.9 Å². The minimum atomic E-state index is -0.882. The van der Waals surface area contributed by atoms with Gasteiger partial charge in [-0.05, 0) is 36.8 Å². The standard InChI is InChI=1S/C20H30O5/c1-6-18(20(22)24-12-11-23-5)25-19(21)15(4)17-9-7-16(8-10-17)13-14(2)3/h7-10,14-15,18H,6,11-13H2,1-5H3. The maximum atomic E-state index is 12.4. The Kier molecular flexibility index (Phi) is 9.21. The molecule has 2 atom stereocenters. The second-order valence-electron chi connectivity index (χ2n) is 6.56. The van der Waals surface area contributed by atoms with Crippen molar-refractivity contribution >= 4 is 11.9 Å². The minimum absolute atomic E-state index is 0.149. The van der Waals surface area contributed by atoms with Gasteiger partial charge in [0.25, 0.3) is 0 Å². The molecule has 25 heavy (non-hydrogen) atoms. The lowest BCUT2D eigenvalue weighted by atomic mass is 9.97. The Bertz CT molecular complexity index is 536. The molecule has 0 spiro atoms. The molecular weight excluding hydrogens is 320 g/mol. The van der Waals surface area contributed by atoms with Crippen molar-refractivity contribution in [2.45, 2.75) is 52.6 Å². The lowest BCUT2D eigenvalue weighted by Gasteiger charge is -2.18. The summed E-state index contributed by atoms with van der Waals surface area (Å²) in [7, 11) is 1.53. The largest absolute Gasteiger partial charge is 0.460 e. The van der Waals surface area contributed by atoms with Gasteiger partial charge < -0.3 is 14.2 Å². The number of benzene rings is 1. The van der Waals surface area contributed by atoms with Crippen LogP contribution in [-0.2, 0) is 30.2 Å². The van der Waals surface area contributed by atoms with Crippen LogP contribution in [0.1, 0.15) is 51.2 Å². The molecule has 1 aromatic rings. The van der Waals surface area contributed by atoms with Crippen LogP contribution >= 0.6 is 0 Å². The van der Waals surface area contributed by atoms with Crippen LogP contribution in [-0.4, -0.2) is 38.4 Å². The van der Waals surface area contributed by atoms with Crippen molar-refractivity contribution < 1.29 is 23.8 Å². The van der Waals surface area contributed by atoms with Crippen molar-refractivity contribution in [1.82, 2.24) is 0 Å². The summed E-state index contributed by atoms with van der Waals surface area (Å²) in [4.78, 5) is 24.3. The lowest BCUT2D eigenvalue weighted by Crippen LogP contribution is -2.31. The average Bonchev–Trinajstić information content (AvgIpc) is 2.59. The molecule has 0 aliphatic rings. The first-order chi connectivity index (χ1) is 11.9. The van der Waals surface area contributed by atoms with Crippen molar-refractivity contribution in [3.63, 3.8) is 0 Å². The maximum absolute atomic E-state index is 12.4. The van der Waals surface area contributed by atoms with Gasteiger partial charge in [0.2, 0.25) is 0 Å². The number of ether oxygens (including phenoxy) is 3. The highest BCUT2D eigenvalue weighted by Gasteiger charge is 2.26. The van der Waals surface area contributed by atoms with Gasteiger partial charge in [-0.1, -0.05) is 45.0 Å². The summed E-state index contributed by atoms with van der Waals surface area (Å²) in [5.41, 5.74) is 2.12. The molecule has 5 heteroatoms. The molecule has 0 fully saturated rings. The molecule has 0 saturated heterocycles. The van der Waals surface area contributed by atoms with Crippen LogP contribution in [0.5, 0.6) is 0 Å². The molecule has 140 valence electrons. The third-order valence-electron chi connectivity index (χ3n) is 3.90. The predicted molar refractivity (Wildman–Crippen MR) is 96.4 cm³/mol. The zero-order chi connectivity index (χ0) is 18.8. The van der Waals surface area contributed by atoms with E-state index in [1.54, 1.807) is 13.8 Å². The molecule has 5 nitrogen and oxygen atoms in total. The SMILES string of the molecule is CCC(OC(=O)C(C)c1ccc(CC(C)C)cc1)C(=O)OCCOC. The Morgan fingerprint density at radius 1 is 1.00 bits per heavy atom. The molecule has 0 aliphatic carbocycles. The molecule has 0 bridgehead atoms. The summed E-state index contributed by atoms with van der Waals surface area (Å²) in [6, 6.07) is 7.97. The lowest BCUT2D eigenvalue weighted by molar-refractivity contribution is -0.169. The van der Waals surface area contributed by atoms with Crippen molar-refractivity contribution in [3.05, 3.63) is 35.4 Å². The summed E-state index contributed by atoms with van der Waals surface area (Å²) in [5.74, 6) is -0.809. The van der Waals surface area contributed by atoms with Crippen molar-refractivity contribution in [2.75, 3.05) is 20.3 Å². The van der Waals surface area contributed by atoms with Gasteiger partial charge in [0.05, 0.1) is 12.5 Å². The highest BCUT2D eigenvalue weighted by Crippen LogP contribution is 2.20. The van der Waals surface area contributed by atoms with Crippen molar-refractivity contribution in [1.29, 1.82) is 0 Å². The molecule has 2 unspecified atom stereocenters. The van der Waals surface area contributed by atoms with Crippen molar-refractivity contribution in [2.24, 2.45) is 5.92 Å². The molecule has 0 N–H and O–H groups in total. The van der Waals surface area contributed by atoms with Crippen molar-refractivity contribution in [3.8, 4) is 0 Å². The number of methoxy groups -OCH3 is 1. The molecule has 1 rings (SSSR count). The Morgan fingerprint density at radius 2 is 1.64 bits per heavy atom. The number of rotatable bonds is 10. The first kappa shape index (κ1) is 21.2. The molecule has 0 radical (unpaired) electrons. The van der Waals surface area contributed by atoms with Crippen LogP contribution in [0.2, 0.25) is 0 Å². The van der Waals surface area contributed by atoms with Crippen LogP contribution in [0.15, 0.2) is 24.3 Å². The summed E-state index contributed by atoms with van der Waals surface area (Å²) >= 11 is 0. The fourth-order valence-corrected chi connectivity index (χ4v) is 2.41. The van der Waals surface area contributed by atoms with Crippen LogP contribution < -0.4 is 0 Å². The number of hydrogen-bond donors (Lipinski definition) is 0. The Hall–Kier alpha value is -1.88. The van der Waals surface area contributed by atoms with E-state index in [2.05, 4.69) is 13.8 Å². The predicted octanol–water partition coefficient (Wildman–Crippen LogP) is 3.50. The number of carbonyl (C=O) groups excluding carboxylic acids is 2. The third-order valence-corrected chi connectivity index (χ3v) is 3.90. The van der Waals surface area contributed by atoms with Gasteiger partial charge in [0, 0.05) is 7.11 Å². The summed E-state index contributed by atoms with van der Waals surface area (Å²) < 4.78 is 15.2. The van der Waals surface area contributed by atoms with E-state index in [4.69, 9.17) is 14.2 Å². The Morgan fingerprint density at radius 3 is 2.16 bits per heavy atom.